The number of carbonyl (C=O) groups excluding carboxylic acids is 3. The van der Waals surface area contributed by atoms with Gasteiger partial charge in [-0.2, -0.15) is 0 Å². The van der Waals surface area contributed by atoms with E-state index in [-0.39, 0.29) is 13.2 Å². The minimum Gasteiger partial charge on any atom is -0.493 e. The zero-order valence-electron chi connectivity index (χ0n) is 22.2. The Morgan fingerprint density at radius 3 is 1.90 bits per heavy atom. The van der Waals surface area contributed by atoms with Crippen LogP contribution in [0.3, 0.4) is 0 Å². The fraction of sp³-hybridized carbons (Fsp3) is 0.323. The maximum absolute atomic E-state index is 13.6. The smallest absolute Gasteiger partial charge is 0.317 e. The number of hydrogen-bond acceptors (Lipinski definition) is 8. The second-order valence-corrected chi connectivity index (χ2v) is 9.78. The lowest BCUT2D eigenvalue weighted by molar-refractivity contribution is -0.174. The summed E-state index contributed by atoms with van der Waals surface area (Å²) in [5, 5.41) is 11.4. The van der Waals surface area contributed by atoms with Gasteiger partial charge in [-0.25, -0.2) is 0 Å². The fourth-order valence-corrected chi connectivity index (χ4v) is 5.11. The number of benzene rings is 3. The molecule has 1 saturated carbocycles. The molecule has 204 valence electrons. The Bertz CT molecular complexity index is 1300. The highest BCUT2D eigenvalue weighted by molar-refractivity contribution is 6.02. The van der Waals surface area contributed by atoms with Crippen LogP contribution in [0.15, 0.2) is 78.9 Å². The molecule has 0 spiro atoms. The molecule has 0 aromatic heterocycles. The molecule has 4 atom stereocenters. The lowest BCUT2D eigenvalue weighted by Gasteiger charge is -2.43. The third-order valence-corrected chi connectivity index (χ3v) is 7.02. The summed E-state index contributed by atoms with van der Waals surface area (Å²) in [6, 6.07) is 23.1. The van der Waals surface area contributed by atoms with Crippen molar-refractivity contribution in [1.29, 1.82) is 0 Å². The first-order valence-electron chi connectivity index (χ1n) is 12.6. The number of esters is 2. The Hall–Kier alpha value is -4.17. The SMILES string of the molecule is COc1ccc([C@@H]2[C@H](C(=O)OCc3ccccc3)C(=O)C[C@](C)(O)[C@H]2C(=O)OCc2ccccc2)cc1OC. The maximum Gasteiger partial charge on any atom is 0.317 e. The zero-order valence-corrected chi connectivity index (χ0v) is 22.2. The first-order valence-corrected chi connectivity index (χ1v) is 12.6. The Labute approximate surface area is 227 Å². The molecule has 0 bridgehead atoms. The van der Waals surface area contributed by atoms with Crippen LogP contribution in [0.1, 0.15) is 36.0 Å². The zero-order chi connectivity index (χ0) is 28.0. The number of Topliss-reactive ketones (excluding diaryl/α,β-unsaturated/α-hetero) is 1. The van der Waals surface area contributed by atoms with Gasteiger partial charge in [0, 0.05) is 12.3 Å². The number of ether oxygens (including phenoxy) is 4. The minimum absolute atomic E-state index is 0.0258. The second-order valence-electron chi connectivity index (χ2n) is 9.78. The van der Waals surface area contributed by atoms with Gasteiger partial charge in [0.25, 0.3) is 0 Å². The number of methoxy groups -OCH3 is 2. The third-order valence-electron chi connectivity index (χ3n) is 7.02. The highest BCUT2D eigenvalue weighted by atomic mass is 16.5. The summed E-state index contributed by atoms with van der Waals surface area (Å²) < 4.78 is 22.0. The largest absolute Gasteiger partial charge is 0.493 e. The van der Waals surface area contributed by atoms with Crippen LogP contribution in [0.25, 0.3) is 0 Å². The molecule has 4 rings (SSSR count). The highest BCUT2D eigenvalue weighted by Crippen LogP contribution is 2.48. The van der Waals surface area contributed by atoms with E-state index in [1.165, 1.54) is 21.1 Å². The molecule has 3 aromatic rings. The summed E-state index contributed by atoms with van der Waals surface area (Å²) in [7, 11) is 2.95. The molecule has 1 fully saturated rings. The molecular formula is C31H32O8. The number of rotatable bonds is 9. The second kappa shape index (κ2) is 12.1. The van der Waals surface area contributed by atoms with Crippen molar-refractivity contribution in [3.63, 3.8) is 0 Å². The number of aliphatic hydroxyl groups is 1. The molecule has 0 radical (unpaired) electrons. The molecule has 8 nitrogen and oxygen atoms in total. The van der Waals surface area contributed by atoms with Gasteiger partial charge >= 0.3 is 11.9 Å². The van der Waals surface area contributed by atoms with E-state index in [1.54, 1.807) is 30.3 Å². The topological polar surface area (TPSA) is 108 Å². The van der Waals surface area contributed by atoms with E-state index >= 15 is 0 Å². The van der Waals surface area contributed by atoms with Crippen molar-refractivity contribution < 1.29 is 38.4 Å². The van der Waals surface area contributed by atoms with Crippen molar-refractivity contribution in [3.05, 3.63) is 95.6 Å². The van der Waals surface area contributed by atoms with Crippen molar-refractivity contribution >= 4 is 17.7 Å². The Kier molecular flexibility index (Phi) is 8.66. The van der Waals surface area contributed by atoms with Gasteiger partial charge in [-0.05, 0) is 35.7 Å². The lowest BCUT2D eigenvalue weighted by atomic mass is 9.61. The van der Waals surface area contributed by atoms with Gasteiger partial charge in [-0.1, -0.05) is 66.7 Å². The van der Waals surface area contributed by atoms with Crippen LogP contribution < -0.4 is 9.47 Å². The van der Waals surface area contributed by atoms with E-state index in [9.17, 15) is 19.5 Å². The number of carbonyl (C=O) groups is 3. The molecule has 0 unspecified atom stereocenters. The minimum atomic E-state index is -1.78. The predicted molar refractivity (Wildman–Crippen MR) is 142 cm³/mol. The monoisotopic (exact) mass is 532 g/mol. The molecule has 1 aliphatic carbocycles. The molecule has 0 aliphatic heterocycles. The molecule has 0 amide bonds. The van der Waals surface area contributed by atoms with Gasteiger partial charge in [0.1, 0.15) is 19.1 Å². The summed E-state index contributed by atoms with van der Waals surface area (Å²) in [6.07, 6.45) is -0.410. The van der Waals surface area contributed by atoms with E-state index in [1.807, 2.05) is 48.5 Å². The Morgan fingerprint density at radius 1 is 0.821 bits per heavy atom. The average molecular weight is 533 g/mol. The molecule has 39 heavy (non-hydrogen) atoms. The third kappa shape index (κ3) is 6.29. The van der Waals surface area contributed by atoms with Gasteiger partial charge in [0.15, 0.2) is 17.3 Å². The van der Waals surface area contributed by atoms with E-state index in [0.717, 1.165) is 11.1 Å². The van der Waals surface area contributed by atoms with Crippen LogP contribution in [0.4, 0.5) is 0 Å². The number of ketones is 1. The lowest BCUT2D eigenvalue weighted by Crippen LogP contribution is -2.55. The molecule has 0 saturated heterocycles. The van der Waals surface area contributed by atoms with Gasteiger partial charge in [0.2, 0.25) is 0 Å². The van der Waals surface area contributed by atoms with Crippen LogP contribution in [0.2, 0.25) is 0 Å². The molecular weight excluding hydrogens is 500 g/mol. The van der Waals surface area contributed by atoms with Crippen molar-refractivity contribution in [2.75, 3.05) is 14.2 Å². The Balaban J connectivity index is 1.72. The van der Waals surface area contributed by atoms with E-state index in [0.29, 0.717) is 17.1 Å². The van der Waals surface area contributed by atoms with Gasteiger partial charge in [0.05, 0.1) is 25.7 Å². The normalized spacial score (nSPS) is 22.6. The van der Waals surface area contributed by atoms with E-state index < -0.39 is 47.5 Å². The highest BCUT2D eigenvalue weighted by Gasteiger charge is 2.57. The molecule has 1 N–H and O–H groups in total. The Morgan fingerprint density at radius 2 is 1.36 bits per heavy atom. The van der Waals surface area contributed by atoms with Crippen LogP contribution in [0, 0.1) is 11.8 Å². The fourth-order valence-electron chi connectivity index (χ4n) is 5.11. The quantitative estimate of drug-likeness (QED) is 0.322. The van der Waals surface area contributed by atoms with Gasteiger partial charge in [-0.3, -0.25) is 14.4 Å². The standard InChI is InChI=1S/C31H32O8/c1-31(35)17-23(32)27(29(33)38-18-20-10-6-4-7-11-20)26(22-14-15-24(36-2)25(16-22)37-3)28(31)30(34)39-19-21-12-8-5-9-13-21/h4-16,26-28,35H,17-19H2,1-3H3/t26-,27-,28-,31+/m1/s1. The van der Waals surface area contributed by atoms with Crippen molar-refractivity contribution in [2.45, 2.75) is 38.1 Å². The van der Waals surface area contributed by atoms with Crippen LogP contribution >= 0.6 is 0 Å². The first-order chi connectivity index (χ1) is 18.7. The summed E-state index contributed by atoms with van der Waals surface area (Å²) in [6.45, 7) is 1.35. The van der Waals surface area contributed by atoms with Crippen molar-refractivity contribution in [2.24, 2.45) is 11.8 Å². The average Bonchev–Trinajstić information content (AvgIpc) is 2.94. The van der Waals surface area contributed by atoms with Crippen LogP contribution in [-0.2, 0) is 37.1 Å². The van der Waals surface area contributed by atoms with E-state index in [4.69, 9.17) is 18.9 Å². The van der Waals surface area contributed by atoms with Crippen LogP contribution in [0.5, 0.6) is 11.5 Å². The maximum atomic E-state index is 13.6. The molecule has 0 heterocycles. The van der Waals surface area contributed by atoms with Gasteiger partial charge < -0.3 is 24.1 Å². The number of hydrogen-bond donors (Lipinski definition) is 1. The predicted octanol–water partition coefficient (Wildman–Crippen LogP) is 4.23. The van der Waals surface area contributed by atoms with Crippen molar-refractivity contribution in [3.8, 4) is 11.5 Å². The van der Waals surface area contributed by atoms with Crippen LogP contribution in [-0.4, -0.2) is 42.6 Å². The van der Waals surface area contributed by atoms with Gasteiger partial charge in [-0.15, -0.1) is 0 Å². The molecule has 3 aromatic carbocycles. The van der Waals surface area contributed by atoms with Crippen molar-refractivity contribution in [1.82, 2.24) is 0 Å². The summed E-state index contributed by atoms with van der Waals surface area (Å²) in [5.74, 6) is -4.91. The summed E-state index contributed by atoms with van der Waals surface area (Å²) in [4.78, 5) is 40.5. The first kappa shape index (κ1) is 27.9. The van der Waals surface area contributed by atoms with E-state index in [2.05, 4.69) is 0 Å². The molecule has 8 heteroatoms. The molecule has 1 aliphatic rings. The summed E-state index contributed by atoms with van der Waals surface area (Å²) in [5.41, 5.74) is 0.171. The summed E-state index contributed by atoms with van der Waals surface area (Å²) >= 11 is 0.